The summed E-state index contributed by atoms with van der Waals surface area (Å²) >= 11 is 0. The van der Waals surface area contributed by atoms with E-state index in [1.807, 2.05) is 24.3 Å². The average molecular weight is 272 g/mol. The van der Waals surface area contributed by atoms with E-state index in [-0.39, 0.29) is 12.6 Å². The molecule has 5 nitrogen and oxygen atoms in total. The second kappa shape index (κ2) is 5.63. The second-order valence-corrected chi connectivity index (χ2v) is 5.30. The number of nitrogen functional groups attached to an aromatic ring is 1. The van der Waals surface area contributed by atoms with Crippen LogP contribution in [0.2, 0.25) is 0 Å². The number of aromatic nitrogens is 2. The Balaban J connectivity index is 2.04. The number of hydrogen-bond acceptors (Lipinski definition) is 5. The lowest BCUT2D eigenvalue weighted by Gasteiger charge is -2.30. The van der Waals surface area contributed by atoms with Crippen molar-refractivity contribution in [2.75, 3.05) is 23.8 Å². The number of rotatable bonds is 2. The summed E-state index contributed by atoms with van der Waals surface area (Å²) in [6, 6.07) is 7.82. The van der Waals surface area contributed by atoms with Crippen molar-refractivity contribution >= 4 is 22.7 Å². The van der Waals surface area contributed by atoms with Gasteiger partial charge in [0, 0.05) is 6.54 Å². The molecule has 20 heavy (non-hydrogen) atoms. The molecular formula is C15H20N4O. The standard InChI is InChI=1S/C15H20N4O/c16-14-15(18-13-8-4-3-7-12(13)17-14)19-9-5-1-2-6-11(19)10-20/h3-4,7-8,11,20H,1-2,5-6,9-10H2,(H2,16,17). The van der Waals surface area contributed by atoms with Gasteiger partial charge >= 0.3 is 0 Å². The molecule has 1 saturated heterocycles. The van der Waals surface area contributed by atoms with Gasteiger partial charge in [-0.15, -0.1) is 0 Å². The fourth-order valence-corrected chi connectivity index (χ4v) is 2.86. The fourth-order valence-electron chi connectivity index (χ4n) is 2.86. The van der Waals surface area contributed by atoms with E-state index in [4.69, 9.17) is 5.73 Å². The molecule has 1 aromatic carbocycles. The molecule has 5 heteroatoms. The summed E-state index contributed by atoms with van der Waals surface area (Å²) in [4.78, 5) is 11.2. The number of nitrogens with two attached hydrogens (primary N) is 1. The Kier molecular flexibility index (Phi) is 3.69. The van der Waals surface area contributed by atoms with Gasteiger partial charge in [0.15, 0.2) is 11.6 Å². The van der Waals surface area contributed by atoms with Crippen LogP contribution in [0.25, 0.3) is 11.0 Å². The highest BCUT2D eigenvalue weighted by Crippen LogP contribution is 2.27. The summed E-state index contributed by atoms with van der Waals surface area (Å²) in [6.45, 7) is 1.01. The van der Waals surface area contributed by atoms with Crippen LogP contribution in [-0.2, 0) is 0 Å². The Morgan fingerprint density at radius 2 is 1.90 bits per heavy atom. The molecule has 0 aliphatic carbocycles. The van der Waals surface area contributed by atoms with Crippen molar-refractivity contribution in [2.24, 2.45) is 0 Å². The molecular weight excluding hydrogens is 252 g/mol. The summed E-state index contributed by atoms with van der Waals surface area (Å²) in [5.41, 5.74) is 7.74. The third-order valence-corrected chi connectivity index (χ3v) is 3.94. The Hall–Kier alpha value is -1.88. The fraction of sp³-hybridized carbons (Fsp3) is 0.467. The maximum absolute atomic E-state index is 9.62. The minimum Gasteiger partial charge on any atom is -0.394 e. The second-order valence-electron chi connectivity index (χ2n) is 5.30. The largest absolute Gasteiger partial charge is 0.394 e. The minimum atomic E-state index is 0.0928. The average Bonchev–Trinajstić information content (AvgIpc) is 2.71. The van der Waals surface area contributed by atoms with E-state index in [2.05, 4.69) is 14.9 Å². The topological polar surface area (TPSA) is 75.3 Å². The van der Waals surface area contributed by atoms with Crippen LogP contribution in [0, 0.1) is 0 Å². The van der Waals surface area contributed by atoms with Crippen molar-refractivity contribution in [1.29, 1.82) is 0 Å². The van der Waals surface area contributed by atoms with Crippen molar-refractivity contribution in [1.82, 2.24) is 9.97 Å². The molecule has 1 aromatic heterocycles. The zero-order valence-corrected chi connectivity index (χ0v) is 11.5. The monoisotopic (exact) mass is 272 g/mol. The first-order chi connectivity index (χ1) is 9.79. The van der Waals surface area contributed by atoms with E-state index >= 15 is 0 Å². The molecule has 2 heterocycles. The normalized spacial score (nSPS) is 20.1. The Labute approximate surface area is 118 Å². The number of aliphatic hydroxyl groups excluding tert-OH is 1. The number of benzene rings is 1. The zero-order valence-electron chi connectivity index (χ0n) is 11.5. The molecule has 0 saturated carbocycles. The first-order valence-electron chi connectivity index (χ1n) is 7.19. The first kappa shape index (κ1) is 13.1. The maximum Gasteiger partial charge on any atom is 0.172 e. The molecule has 0 bridgehead atoms. The van der Waals surface area contributed by atoms with Gasteiger partial charge in [-0.2, -0.15) is 0 Å². The molecule has 1 aliphatic rings. The van der Waals surface area contributed by atoms with Gasteiger partial charge in [0.05, 0.1) is 23.7 Å². The number of hydrogen-bond donors (Lipinski definition) is 2. The number of anilines is 2. The first-order valence-corrected chi connectivity index (χ1v) is 7.19. The molecule has 1 atom stereocenters. The molecule has 3 rings (SSSR count). The van der Waals surface area contributed by atoms with Crippen molar-refractivity contribution in [3.63, 3.8) is 0 Å². The lowest BCUT2D eigenvalue weighted by Crippen LogP contribution is -2.38. The van der Waals surface area contributed by atoms with Crippen LogP contribution < -0.4 is 10.6 Å². The lowest BCUT2D eigenvalue weighted by molar-refractivity contribution is 0.254. The van der Waals surface area contributed by atoms with Crippen molar-refractivity contribution < 1.29 is 5.11 Å². The summed E-state index contributed by atoms with van der Waals surface area (Å²) in [5.74, 6) is 1.16. The molecule has 106 valence electrons. The van der Waals surface area contributed by atoms with Crippen LogP contribution >= 0.6 is 0 Å². The van der Waals surface area contributed by atoms with Crippen LogP contribution in [0.1, 0.15) is 25.7 Å². The smallest absolute Gasteiger partial charge is 0.172 e. The highest BCUT2D eigenvalue weighted by Gasteiger charge is 2.24. The lowest BCUT2D eigenvalue weighted by atomic mass is 10.1. The summed E-state index contributed by atoms with van der Waals surface area (Å²) < 4.78 is 0. The van der Waals surface area contributed by atoms with Crippen LogP contribution in [0.5, 0.6) is 0 Å². The van der Waals surface area contributed by atoms with Crippen LogP contribution in [-0.4, -0.2) is 34.3 Å². The summed E-state index contributed by atoms with van der Waals surface area (Å²) in [5, 5.41) is 9.62. The van der Waals surface area contributed by atoms with E-state index in [0.29, 0.717) is 11.6 Å². The SMILES string of the molecule is Nc1nc2ccccc2nc1N1CCCCCC1CO. The van der Waals surface area contributed by atoms with Gasteiger partial charge in [-0.25, -0.2) is 9.97 Å². The third-order valence-electron chi connectivity index (χ3n) is 3.94. The van der Waals surface area contributed by atoms with E-state index in [1.165, 1.54) is 6.42 Å². The molecule has 1 fully saturated rings. The zero-order chi connectivity index (χ0) is 13.9. The van der Waals surface area contributed by atoms with E-state index in [1.54, 1.807) is 0 Å². The quantitative estimate of drug-likeness (QED) is 0.874. The highest BCUT2D eigenvalue weighted by molar-refractivity contribution is 5.79. The van der Waals surface area contributed by atoms with Crippen LogP contribution in [0.4, 0.5) is 11.6 Å². The minimum absolute atomic E-state index is 0.0928. The molecule has 3 N–H and O–H groups in total. The van der Waals surface area contributed by atoms with E-state index in [9.17, 15) is 5.11 Å². The molecule has 2 aromatic rings. The number of nitrogens with zero attached hydrogens (tertiary/aromatic N) is 3. The number of fused-ring (bicyclic) bond motifs is 1. The summed E-state index contributed by atoms with van der Waals surface area (Å²) in [6.07, 6.45) is 4.41. The molecule has 0 amide bonds. The number of aliphatic hydroxyl groups is 1. The van der Waals surface area contributed by atoms with E-state index in [0.717, 1.165) is 36.8 Å². The third kappa shape index (κ3) is 2.41. The van der Waals surface area contributed by atoms with Crippen molar-refractivity contribution in [2.45, 2.75) is 31.7 Å². The predicted octanol–water partition coefficient (Wildman–Crippen LogP) is 1.95. The van der Waals surface area contributed by atoms with Gasteiger partial charge in [-0.05, 0) is 25.0 Å². The van der Waals surface area contributed by atoms with Gasteiger partial charge in [0.1, 0.15) is 0 Å². The summed E-state index contributed by atoms with van der Waals surface area (Å²) in [7, 11) is 0. The van der Waals surface area contributed by atoms with Crippen molar-refractivity contribution in [3.8, 4) is 0 Å². The maximum atomic E-state index is 9.62. The van der Waals surface area contributed by atoms with Crippen LogP contribution in [0.3, 0.4) is 0 Å². The van der Waals surface area contributed by atoms with Gasteiger partial charge in [0.2, 0.25) is 0 Å². The number of para-hydroxylation sites is 2. The van der Waals surface area contributed by atoms with Gasteiger partial charge in [-0.3, -0.25) is 0 Å². The van der Waals surface area contributed by atoms with Crippen LogP contribution in [0.15, 0.2) is 24.3 Å². The molecule has 0 radical (unpaired) electrons. The molecule has 1 unspecified atom stereocenters. The molecule has 1 aliphatic heterocycles. The van der Waals surface area contributed by atoms with Gasteiger partial charge in [0.25, 0.3) is 0 Å². The Bertz CT molecular complexity index is 601. The Morgan fingerprint density at radius 1 is 1.15 bits per heavy atom. The van der Waals surface area contributed by atoms with Crippen molar-refractivity contribution in [3.05, 3.63) is 24.3 Å². The van der Waals surface area contributed by atoms with E-state index < -0.39 is 0 Å². The molecule has 0 spiro atoms. The predicted molar refractivity (Wildman–Crippen MR) is 80.6 cm³/mol. The van der Waals surface area contributed by atoms with Gasteiger partial charge in [-0.1, -0.05) is 25.0 Å². The Morgan fingerprint density at radius 3 is 2.65 bits per heavy atom. The van der Waals surface area contributed by atoms with Gasteiger partial charge < -0.3 is 15.7 Å². The highest BCUT2D eigenvalue weighted by atomic mass is 16.3.